The Morgan fingerprint density at radius 3 is 3.00 bits per heavy atom. The van der Waals surface area contributed by atoms with Gasteiger partial charge < -0.3 is 15.5 Å². The Hall–Kier alpha value is -1.44. The summed E-state index contributed by atoms with van der Waals surface area (Å²) in [6.07, 6.45) is -0.924. The van der Waals surface area contributed by atoms with Crippen molar-refractivity contribution >= 4 is 27.5 Å². The van der Waals surface area contributed by atoms with Crippen molar-refractivity contribution < 1.29 is 15.0 Å². The van der Waals surface area contributed by atoms with Crippen molar-refractivity contribution in [2.75, 3.05) is 13.2 Å². The van der Waals surface area contributed by atoms with E-state index in [9.17, 15) is 4.79 Å². The van der Waals surface area contributed by atoms with Gasteiger partial charge in [-0.25, -0.2) is 0 Å². The van der Waals surface area contributed by atoms with Gasteiger partial charge in [-0.15, -0.1) is 11.3 Å². The molecule has 0 saturated carbocycles. The number of aliphatic hydroxyl groups is 2. The van der Waals surface area contributed by atoms with Gasteiger partial charge in [-0.2, -0.15) is 5.10 Å². The van der Waals surface area contributed by atoms with Gasteiger partial charge >= 0.3 is 0 Å². The third-order valence-corrected chi connectivity index (χ3v) is 3.83. The monoisotopic (exact) mass is 269 g/mol. The first kappa shape index (κ1) is 13.0. The van der Waals surface area contributed by atoms with Crippen LogP contribution >= 0.6 is 11.3 Å². The van der Waals surface area contributed by atoms with E-state index in [0.29, 0.717) is 4.88 Å². The highest BCUT2D eigenvalue weighted by Crippen LogP contribution is 2.27. The van der Waals surface area contributed by atoms with Crippen molar-refractivity contribution in [3.63, 3.8) is 0 Å². The average molecular weight is 269 g/mol. The maximum atomic E-state index is 11.8. The van der Waals surface area contributed by atoms with Crippen LogP contribution in [0.1, 0.15) is 15.4 Å². The van der Waals surface area contributed by atoms with Crippen LogP contribution < -0.4 is 5.32 Å². The quantitative estimate of drug-likeness (QED) is 0.730. The molecular formula is C11H15N3O3S. The van der Waals surface area contributed by atoms with Crippen molar-refractivity contribution in [3.8, 4) is 0 Å². The third-order valence-electron chi connectivity index (χ3n) is 2.63. The van der Waals surface area contributed by atoms with Crippen LogP contribution in [0.2, 0.25) is 0 Å². The van der Waals surface area contributed by atoms with Gasteiger partial charge in [0.05, 0.1) is 23.3 Å². The highest BCUT2D eigenvalue weighted by molar-refractivity contribution is 7.20. The Bertz CT molecular complexity index is 541. The summed E-state index contributed by atoms with van der Waals surface area (Å²) < 4.78 is 1.74. The maximum Gasteiger partial charge on any atom is 0.261 e. The van der Waals surface area contributed by atoms with Gasteiger partial charge in [-0.05, 0) is 13.0 Å². The molecule has 7 heteroatoms. The Morgan fingerprint density at radius 2 is 2.39 bits per heavy atom. The van der Waals surface area contributed by atoms with Gasteiger partial charge in [-0.3, -0.25) is 9.48 Å². The number of hydrogen-bond donors (Lipinski definition) is 3. The fourth-order valence-electron chi connectivity index (χ4n) is 1.68. The second kappa shape index (κ2) is 5.05. The molecule has 2 heterocycles. The van der Waals surface area contributed by atoms with Crippen molar-refractivity contribution in [1.82, 2.24) is 15.1 Å². The second-order valence-electron chi connectivity index (χ2n) is 4.08. The standard InChI is InChI=1S/C11H15N3O3S/c1-6-8-3-9(18-11(8)14(2)13-6)10(17)12-4-7(16)5-15/h3,7,15-16H,4-5H2,1-2H3,(H,12,17). The van der Waals surface area contributed by atoms with Gasteiger partial charge in [0.2, 0.25) is 0 Å². The predicted octanol–water partition coefficient (Wildman–Crippen LogP) is 0.0262. The zero-order valence-electron chi connectivity index (χ0n) is 10.2. The molecule has 1 atom stereocenters. The summed E-state index contributed by atoms with van der Waals surface area (Å²) >= 11 is 1.36. The Morgan fingerprint density at radius 1 is 1.67 bits per heavy atom. The van der Waals surface area contributed by atoms with E-state index < -0.39 is 6.10 Å². The molecule has 0 bridgehead atoms. The fraction of sp³-hybridized carbons (Fsp3) is 0.455. The molecule has 18 heavy (non-hydrogen) atoms. The molecule has 1 unspecified atom stereocenters. The minimum Gasteiger partial charge on any atom is -0.394 e. The van der Waals surface area contributed by atoms with E-state index in [1.807, 2.05) is 14.0 Å². The Balaban J connectivity index is 2.16. The van der Waals surface area contributed by atoms with Gasteiger partial charge in [0.1, 0.15) is 4.83 Å². The van der Waals surface area contributed by atoms with E-state index in [1.54, 1.807) is 10.7 Å². The number of rotatable bonds is 4. The van der Waals surface area contributed by atoms with Crippen molar-refractivity contribution in [3.05, 3.63) is 16.6 Å². The summed E-state index contributed by atoms with van der Waals surface area (Å²) in [5, 5.41) is 25.6. The smallest absolute Gasteiger partial charge is 0.261 e. The molecule has 2 rings (SSSR count). The summed E-state index contributed by atoms with van der Waals surface area (Å²) in [5.41, 5.74) is 0.887. The molecule has 0 saturated heterocycles. The van der Waals surface area contributed by atoms with Crippen LogP contribution in [0.5, 0.6) is 0 Å². The predicted molar refractivity (Wildman–Crippen MR) is 68.8 cm³/mol. The molecule has 0 aromatic carbocycles. The number of aromatic nitrogens is 2. The van der Waals surface area contributed by atoms with E-state index >= 15 is 0 Å². The van der Waals surface area contributed by atoms with E-state index in [2.05, 4.69) is 10.4 Å². The van der Waals surface area contributed by atoms with Crippen LogP contribution in [-0.4, -0.2) is 45.2 Å². The molecule has 0 spiro atoms. The van der Waals surface area contributed by atoms with Gasteiger partial charge in [0.15, 0.2) is 0 Å². The number of carbonyl (C=O) groups excluding carboxylic acids is 1. The van der Waals surface area contributed by atoms with E-state index in [1.165, 1.54) is 11.3 Å². The van der Waals surface area contributed by atoms with Crippen molar-refractivity contribution in [2.45, 2.75) is 13.0 Å². The van der Waals surface area contributed by atoms with Crippen LogP contribution in [-0.2, 0) is 7.05 Å². The largest absolute Gasteiger partial charge is 0.394 e. The summed E-state index contributed by atoms with van der Waals surface area (Å²) in [6.45, 7) is 1.57. The number of hydrogen-bond acceptors (Lipinski definition) is 5. The number of thiophene rings is 1. The highest BCUT2D eigenvalue weighted by atomic mass is 32.1. The first-order valence-corrected chi connectivity index (χ1v) is 6.35. The lowest BCUT2D eigenvalue weighted by atomic mass is 10.3. The lowest BCUT2D eigenvalue weighted by Gasteiger charge is -2.07. The number of amides is 1. The minimum absolute atomic E-state index is 0.0425. The van der Waals surface area contributed by atoms with Crippen molar-refractivity contribution in [2.24, 2.45) is 7.05 Å². The summed E-state index contributed by atoms with van der Waals surface area (Å²) in [6, 6.07) is 1.79. The first-order chi connectivity index (χ1) is 8.52. The molecule has 3 N–H and O–H groups in total. The summed E-state index contributed by atoms with van der Waals surface area (Å²) in [7, 11) is 1.84. The topological polar surface area (TPSA) is 87.4 Å². The molecule has 0 radical (unpaired) electrons. The molecule has 0 aliphatic heterocycles. The van der Waals surface area contributed by atoms with Gasteiger partial charge in [0, 0.05) is 19.0 Å². The molecule has 0 aliphatic rings. The van der Waals surface area contributed by atoms with E-state index in [-0.39, 0.29) is 19.1 Å². The lowest BCUT2D eigenvalue weighted by molar-refractivity contribution is 0.0804. The molecule has 2 aromatic rings. The van der Waals surface area contributed by atoms with Gasteiger partial charge in [-0.1, -0.05) is 0 Å². The van der Waals surface area contributed by atoms with Crippen LogP contribution in [0.3, 0.4) is 0 Å². The molecule has 98 valence electrons. The zero-order chi connectivity index (χ0) is 13.3. The number of nitrogens with zero attached hydrogens (tertiary/aromatic N) is 2. The van der Waals surface area contributed by atoms with Gasteiger partial charge in [0.25, 0.3) is 5.91 Å². The average Bonchev–Trinajstić information content (AvgIpc) is 2.89. The van der Waals surface area contributed by atoms with Crippen LogP contribution in [0.4, 0.5) is 0 Å². The number of aryl methyl sites for hydroxylation is 2. The van der Waals surface area contributed by atoms with Crippen LogP contribution in [0.15, 0.2) is 6.07 Å². The number of nitrogens with one attached hydrogen (secondary N) is 1. The normalized spacial score (nSPS) is 12.9. The van der Waals surface area contributed by atoms with Crippen LogP contribution in [0, 0.1) is 6.92 Å². The van der Waals surface area contributed by atoms with Crippen molar-refractivity contribution in [1.29, 1.82) is 0 Å². The zero-order valence-corrected chi connectivity index (χ0v) is 11.0. The maximum absolute atomic E-state index is 11.8. The summed E-state index contributed by atoms with van der Waals surface area (Å²) in [5.74, 6) is -0.247. The Labute approximate surface area is 108 Å². The highest BCUT2D eigenvalue weighted by Gasteiger charge is 2.15. The number of carbonyl (C=O) groups is 1. The molecule has 0 fully saturated rings. The SMILES string of the molecule is Cc1nn(C)c2sc(C(=O)NCC(O)CO)cc12. The number of aliphatic hydroxyl groups excluding tert-OH is 2. The van der Waals surface area contributed by atoms with Crippen LogP contribution in [0.25, 0.3) is 10.2 Å². The van der Waals surface area contributed by atoms with E-state index in [4.69, 9.17) is 10.2 Å². The summed E-state index contributed by atoms with van der Waals surface area (Å²) in [4.78, 5) is 13.4. The molecular weight excluding hydrogens is 254 g/mol. The molecule has 0 aliphatic carbocycles. The lowest BCUT2D eigenvalue weighted by Crippen LogP contribution is -2.33. The Kier molecular flexibility index (Phi) is 3.65. The molecule has 2 aromatic heterocycles. The van der Waals surface area contributed by atoms with E-state index in [0.717, 1.165) is 15.9 Å². The second-order valence-corrected chi connectivity index (χ2v) is 5.12. The third kappa shape index (κ3) is 2.38. The number of fused-ring (bicyclic) bond motifs is 1. The minimum atomic E-state index is -0.924. The molecule has 1 amide bonds. The molecule has 6 nitrogen and oxygen atoms in total. The fourth-order valence-corrected chi connectivity index (χ4v) is 2.72. The first-order valence-electron chi connectivity index (χ1n) is 5.53.